The number of aromatic hydroxyl groups is 1. The van der Waals surface area contributed by atoms with Crippen molar-refractivity contribution in [3.05, 3.63) is 32.7 Å². The minimum Gasteiger partial charge on any atom is -0.505 e. The zero-order valence-electron chi connectivity index (χ0n) is 9.31. The van der Waals surface area contributed by atoms with Gasteiger partial charge in [0, 0.05) is 12.1 Å². The fourth-order valence-electron chi connectivity index (χ4n) is 0.826. The molecule has 0 spiro atoms. The minimum absolute atomic E-state index is 0.117. The summed E-state index contributed by atoms with van der Waals surface area (Å²) in [5.41, 5.74) is 0. The van der Waals surface area contributed by atoms with E-state index in [1.807, 2.05) is 13.8 Å². The lowest BCUT2D eigenvalue weighted by molar-refractivity contribution is 0.362. The number of phenols is 1. The molecule has 0 radical (unpaired) electrons. The lowest BCUT2D eigenvalue weighted by Crippen LogP contribution is -1.93. The smallest absolute Gasteiger partial charge is 0.153 e. The number of rotatable bonds is 3. The van der Waals surface area contributed by atoms with Gasteiger partial charge in [-0.15, -0.1) is 0 Å². The number of hydrogen-bond donors (Lipinski definition) is 1. The molecule has 2 nitrogen and oxygen atoms in total. The normalized spacial score (nSPS) is 9.06. The molecule has 0 amide bonds. The predicted octanol–water partition coefficient (Wildman–Crippen LogP) is 5.42. The average molecular weight is 318 g/mol. The van der Waals surface area contributed by atoms with Crippen molar-refractivity contribution in [1.82, 2.24) is 0 Å². The van der Waals surface area contributed by atoms with Gasteiger partial charge in [0.05, 0.1) is 10.0 Å². The Morgan fingerprint density at radius 3 is 2.12 bits per heavy atom. The van der Waals surface area contributed by atoms with E-state index in [2.05, 4.69) is 0 Å². The van der Waals surface area contributed by atoms with Gasteiger partial charge in [0.15, 0.2) is 5.75 Å². The van der Waals surface area contributed by atoms with Gasteiger partial charge in [-0.25, -0.2) is 0 Å². The van der Waals surface area contributed by atoms with Gasteiger partial charge in [0.1, 0.15) is 16.8 Å². The highest BCUT2D eigenvalue weighted by Crippen LogP contribution is 2.35. The molecule has 6 heteroatoms. The molecular formula is C11H12Cl4O2. The summed E-state index contributed by atoms with van der Waals surface area (Å²) in [6, 6.07) is 2.89. The molecule has 1 N–H and O–H groups in total. The van der Waals surface area contributed by atoms with Crippen molar-refractivity contribution in [2.24, 2.45) is 0 Å². The maximum absolute atomic E-state index is 9.27. The molecule has 0 aliphatic carbocycles. The quantitative estimate of drug-likeness (QED) is 0.806. The maximum atomic E-state index is 9.27. The Hall–Kier alpha value is -0.280. The van der Waals surface area contributed by atoms with Crippen LogP contribution in [0.5, 0.6) is 11.5 Å². The molecule has 0 aliphatic rings. The molecule has 0 aromatic heterocycles. The molecule has 0 heterocycles. The molecule has 1 aromatic rings. The van der Waals surface area contributed by atoms with Crippen molar-refractivity contribution in [3.63, 3.8) is 0 Å². The van der Waals surface area contributed by atoms with E-state index in [0.717, 1.165) is 0 Å². The summed E-state index contributed by atoms with van der Waals surface area (Å²) in [5.74, 6) is 0.255. The zero-order chi connectivity index (χ0) is 13.4. The van der Waals surface area contributed by atoms with Crippen LogP contribution in [-0.4, -0.2) is 11.7 Å². The summed E-state index contributed by atoms with van der Waals surface area (Å²) >= 11 is 22.1. The Morgan fingerprint density at radius 2 is 1.71 bits per heavy atom. The Balaban J connectivity index is 0.00000121. The van der Waals surface area contributed by atoms with Crippen LogP contribution in [-0.2, 0) is 0 Å². The van der Waals surface area contributed by atoms with Gasteiger partial charge >= 0.3 is 0 Å². The van der Waals surface area contributed by atoms with Crippen molar-refractivity contribution in [3.8, 4) is 11.5 Å². The number of hydrogen-bond acceptors (Lipinski definition) is 2. The van der Waals surface area contributed by atoms with Crippen molar-refractivity contribution in [2.75, 3.05) is 6.61 Å². The average Bonchev–Trinajstić information content (AvgIpc) is 2.28. The number of halogens is 4. The minimum atomic E-state index is -0.170. The molecule has 0 atom stereocenters. The summed E-state index contributed by atoms with van der Waals surface area (Å²) in [6.45, 7) is 4.19. The van der Waals surface area contributed by atoms with Crippen LogP contribution >= 0.6 is 46.4 Å². The molecule has 1 aromatic carbocycles. The van der Waals surface area contributed by atoms with Gasteiger partial charge < -0.3 is 9.84 Å². The standard InChI is InChI=1S/C9H6Cl4O2.C2H6/c10-6-3-5(4-7(11)9(6)14)15-2-1-8(12)13;1-2/h1,3-4,14H,2H2;1-2H3. The fraction of sp³-hybridized carbons (Fsp3) is 0.273. The van der Waals surface area contributed by atoms with Crippen LogP contribution in [0.25, 0.3) is 0 Å². The highest BCUT2D eigenvalue weighted by Gasteiger charge is 2.06. The number of benzene rings is 1. The van der Waals surface area contributed by atoms with Crippen molar-refractivity contribution >= 4 is 46.4 Å². The zero-order valence-corrected chi connectivity index (χ0v) is 12.3. The lowest BCUT2D eigenvalue weighted by Gasteiger charge is -2.06. The Kier molecular flexibility index (Phi) is 8.61. The second-order valence-electron chi connectivity index (χ2n) is 2.54. The molecule has 0 bridgehead atoms. The fourth-order valence-corrected chi connectivity index (χ4v) is 1.42. The van der Waals surface area contributed by atoms with Crippen LogP contribution in [0.2, 0.25) is 10.0 Å². The Bertz CT molecular complexity index is 364. The maximum Gasteiger partial charge on any atom is 0.153 e. The van der Waals surface area contributed by atoms with Gasteiger partial charge in [0.25, 0.3) is 0 Å². The summed E-state index contributed by atoms with van der Waals surface area (Å²) < 4.78 is 5.32. The highest BCUT2D eigenvalue weighted by atomic mass is 35.5. The van der Waals surface area contributed by atoms with Gasteiger partial charge in [-0.05, 0) is 6.08 Å². The topological polar surface area (TPSA) is 29.5 Å². The SMILES string of the molecule is CC.Oc1c(Cl)cc(OCC=C(Cl)Cl)cc1Cl. The third-order valence-corrected chi connectivity index (χ3v) is 2.36. The molecule has 1 rings (SSSR count). The van der Waals surface area contributed by atoms with E-state index in [9.17, 15) is 5.11 Å². The monoisotopic (exact) mass is 316 g/mol. The van der Waals surface area contributed by atoms with Crippen molar-refractivity contribution in [1.29, 1.82) is 0 Å². The first-order chi connectivity index (χ1) is 8.00. The highest BCUT2D eigenvalue weighted by molar-refractivity contribution is 6.55. The second-order valence-corrected chi connectivity index (χ2v) is 4.36. The molecular weight excluding hydrogens is 306 g/mol. The van der Waals surface area contributed by atoms with Crippen molar-refractivity contribution < 1.29 is 9.84 Å². The van der Waals surface area contributed by atoms with Gasteiger partial charge in [0.2, 0.25) is 0 Å². The Morgan fingerprint density at radius 1 is 1.24 bits per heavy atom. The third-order valence-electron chi connectivity index (χ3n) is 1.48. The number of phenolic OH excluding ortho intramolecular Hbond substituents is 1. The van der Waals surface area contributed by atoms with Crippen LogP contribution in [0.3, 0.4) is 0 Å². The van der Waals surface area contributed by atoms with E-state index in [4.69, 9.17) is 51.1 Å². The first-order valence-electron chi connectivity index (χ1n) is 4.82. The number of ether oxygens (including phenoxy) is 1. The predicted molar refractivity (Wildman–Crippen MR) is 74.8 cm³/mol. The molecule has 0 unspecified atom stereocenters. The molecule has 0 saturated heterocycles. The first kappa shape index (κ1) is 16.7. The van der Waals surface area contributed by atoms with E-state index >= 15 is 0 Å². The molecule has 17 heavy (non-hydrogen) atoms. The first-order valence-corrected chi connectivity index (χ1v) is 6.34. The van der Waals surface area contributed by atoms with Crippen LogP contribution in [0, 0.1) is 0 Å². The van der Waals surface area contributed by atoms with Crippen LogP contribution in [0.15, 0.2) is 22.7 Å². The largest absolute Gasteiger partial charge is 0.505 e. The van der Waals surface area contributed by atoms with Crippen LogP contribution in [0.1, 0.15) is 13.8 Å². The van der Waals surface area contributed by atoms with Gasteiger partial charge in [-0.3, -0.25) is 0 Å². The van der Waals surface area contributed by atoms with E-state index in [-0.39, 0.29) is 26.9 Å². The van der Waals surface area contributed by atoms with Crippen molar-refractivity contribution in [2.45, 2.75) is 13.8 Å². The molecule has 0 fully saturated rings. The summed E-state index contributed by atoms with van der Waals surface area (Å²) in [4.78, 5) is 0. The molecule has 96 valence electrons. The van der Waals surface area contributed by atoms with Crippen LogP contribution < -0.4 is 4.74 Å². The second kappa shape index (κ2) is 8.76. The van der Waals surface area contributed by atoms with E-state index in [0.29, 0.717) is 5.75 Å². The van der Waals surface area contributed by atoms with E-state index in [1.54, 1.807) is 0 Å². The third kappa shape index (κ3) is 6.27. The van der Waals surface area contributed by atoms with Gasteiger partial charge in [-0.2, -0.15) is 0 Å². The molecule has 0 aliphatic heterocycles. The summed E-state index contributed by atoms with van der Waals surface area (Å²) in [6.07, 6.45) is 1.47. The summed E-state index contributed by atoms with van der Waals surface area (Å²) in [7, 11) is 0. The van der Waals surface area contributed by atoms with E-state index in [1.165, 1.54) is 18.2 Å². The van der Waals surface area contributed by atoms with Crippen LogP contribution in [0.4, 0.5) is 0 Å². The van der Waals surface area contributed by atoms with Gasteiger partial charge in [-0.1, -0.05) is 60.3 Å². The molecule has 0 saturated carbocycles. The van der Waals surface area contributed by atoms with E-state index < -0.39 is 0 Å². The lowest BCUT2D eigenvalue weighted by atomic mass is 10.3. The Labute approximate surface area is 121 Å². The summed E-state index contributed by atoms with van der Waals surface area (Å²) in [5, 5.41) is 9.52.